The quantitative estimate of drug-likeness (QED) is 0.658. The lowest BCUT2D eigenvalue weighted by Gasteiger charge is -2.47. The fourth-order valence-corrected chi connectivity index (χ4v) is 5.02. The third-order valence-electron chi connectivity index (χ3n) is 5.86. The van der Waals surface area contributed by atoms with E-state index in [1.807, 2.05) is 11.9 Å². The lowest BCUT2D eigenvalue weighted by atomic mass is 9.65. The standard InChI is InChI=1S/C20H28F2N4O3/c1-12-6-13-15(16(27)26(12)17(28)29-18(2,3)4)14-7-24(5)10-19(11-25(14)23-13)8-20(21,22)9-19/h12H,6-11H2,1-5H3/t12-/m1/s1. The van der Waals surface area contributed by atoms with Crippen molar-refractivity contribution >= 4 is 12.0 Å². The Balaban J connectivity index is 1.68. The highest BCUT2D eigenvalue weighted by molar-refractivity contribution is 6.05. The Hall–Kier alpha value is -2.03. The van der Waals surface area contributed by atoms with Crippen molar-refractivity contribution in [1.82, 2.24) is 19.6 Å². The number of ether oxygens (including phenoxy) is 1. The van der Waals surface area contributed by atoms with Gasteiger partial charge in [0.25, 0.3) is 5.91 Å². The molecule has 1 aromatic heterocycles. The molecule has 0 N–H and O–H groups in total. The molecule has 160 valence electrons. The molecular weight excluding hydrogens is 382 g/mol. The van der Waals surface area contributed by atoms with Crippen LogP contribution in [0, 0.1) is 5.41 Å². The first kappa shape index (κ1) is 20.3. The molecule has 3 aliphatic rings. The Morgan fingerprint density at radius 3 is 2.48 bits per heavy atom. The van der Waals surface area contributed by atoms with Gasteiger partial charge in [0, 0.05) is 50.4 Å². The van der Waals surface area contributed by atoms with Crippen molar-refractivity contribution in [2.24, 2.45) is 5.41 Å². The van der Waals surface area contributed by atoms with Gasteiger partial charge >= 0.3 is 6.09 Å². The van der Waals surface area contributed by atoms with Crippen LogP contribution in [0.15, 0.2) is 0 Å². The molecule has 1 fully saturated rings. The van der Waals surface area contributed by atoms with Gasteiger partial charge in [-0.05, 0) is 34.7 Å². The summed E-state index contributed by atoms with van der Waals surface area (Å²) in [6.45, 7) is 8.37. The van der Waals surface area contributed by atoms with Gasteiger partial charge in [0.1, 0.15) is 5.60 Å². The summed E-state index contributed by atoms with van der Waals surface area (Å²) in [5.41, 5.74) is 0.505. The molecule has 0 aromatic carbocycles. The summed E-state index contributed by atoms with van der Waals surface area (Å²) in [6, 6.07) is -0.385. The van der Waals surface area contributed by atoms with Crippen LogP contribution >= 0.6 is 0 Å². The van der Waals surface area contributed by atoms with Crippen LogP contribution in [-0.2, 0) is 24.2 Å². The molecule has 1 aliphatic carbocycles. The molecule has 29 heavy (non-hydrogen) atoms. The predicted octanol–water partition coefficient (Wildman–Crippen LogP) is 3.07. The maximum atomic E-state index is 13.7. The summed E-state index contributed by atoms with van der Waals surface area (Å²) in [5, 5.41) is 4.63. The molecule has 0 unspecified atom stereocenters. The molecule has 0 radical (unpaired) electrons. The largest absolute Gasteiger partial charge is 0.443 e. The van der Waals surface area contributed by atoms with Crippen molar-refractivity contribution in [3.63, 3.8) is 0 Å². The zero-order valence-electron chi connectivity index (χ0n) is 17.6. The topological polar surface area (TPSA) is 67.7 Å². The molecule has 9 heteroatoms. The first-order valence-electron chi connectivity index (χ1n) is 10.0. The summed E-state index contributed by atoms with van der Waals surface area (Å²) in [5.74, 6) is -3.05. The number of fused-ring (bicyclic) bond motifs is 3. The Labute approximate surface area is 169 Å². The van der Waals surface area contributed by atoms with Crippen LogP contribution in [0.4, 0.5) is 13.6 Å². The van der Waals surface area contributed by atoms with Gasteiger partial charge in [-0.25, -0.2) is 18.5 Å². The molecule has 1 spiro atoms. The van der Waals surface area contributed by atoms with E-state index in [0.717, 1.165) is 4.90 Å². The number of halogens is 2. The fraction of sp³-hybridized carbons (Fsp3) is 0.750. The number of hydrogen-bond donors (Lipinski definition) is 0. The number of aromatic nitrogens is 2. The highest BCUT2D eigenvalue weighted by atomic mass is 19.3. The molecule has 1 atom stereocenters. The van der Waals surface area contributed by atoms with E-state index in [1.54, 1.807) is 32.4 Å². The van der Waals surface area contributed by atoms with Crippen LogP contribution in [-0.4, -0.2) is 62.7 Å². The molecule has 0 saturated heterocycles. The zero-order valence-corrected chi connectivity index (χ0v) is 17.6. The van der Waals surface area contributed by atoms with Crippen LogP contribution in [0.1, 0.15) is 62.3 Å². The Bertz CT molecular complexity index is 866. The van der Waals surface area contributed by atoms with Gasteiger partial charge in [0.15, 0.2) is 0 Å². The van der Waals surface area contributed by atoms with Crippen molar-refractivity contribution < 1.29 is 23.1 Å². The van der Waals surface area contributed by atoms with Gasteiger partial charge in [0.05, 0.1) is 17.0 Å². The molecule has 0 bridgehead atoms. The monoisotopic (exact) mass is 410 g/mol. The van der Waals surface area contributed by atoms with Crippen LogP contribution in [0.3, 0.4) is 0 Å². The number of rotatable bonds is 0. The first-order chi connectivity index (χ1) is 13.3. The maximum Gasteiger partial charge on any atom is 0.417 e. The number of hydrogen-bond acceptors (Lipinski definition) is 5. The molecule has 1 aromatic rings. The SMILES string of the molecule is C[C@@H]1Cc2nn3c(c2C(=O)N1C(=O)OC(C)(C)C)CN(C)CC1(C3)CC(F)(F)C1. The molecular formula is C20H28F2N4O3. The first-order valence-corrected chi connectivity index (χ1v) is 10.0. The van der Waals surface area contributed by atoms with Crippen molar-refractivity contribution in [3.05, 3.63) is 17.0 Å². The number of imide groups is 1. The average Bonchev–Trinajstić information content (AvgIpc) is 2.72. The molecule has 2 amide bonds. The molecule has 1 saturated carbocycles. The molecule has 7 nitrogen and oxygen atoms in total. The number of carbonyl (C=O) groups is 2. The Morgan fingerprint density at radius 1 is 1.24 bits per heavy atom. The fourth-order valence-electron chi connectivity index (χ4n) is 5.02. The third-order valence-corrected chi connectivity index (χ3v) is 5.86. The molecule has 3 heterocycles. The van der Waals surface area contributed by atoms with E-state index in [-0.39, 0.29) is 18.9 Å². The summed E-state index contributed by atoms with van der Waals surface area (Å²) in [4.78, 5) is 29.1. The van der Waals surface area contributed by atoms with Gasteiger partial charge in [-0.1, -0.05) is 0 Å². The lowest BCUT2D eigenvalue weighted by Crippen LogP contribution is -2.52. The van der Waals surface area contributed by atoms with E-state index in [9.17, 15) is 18.4 Å². The van der Waals surface area contributed by atoms with E-state index in [4.69, 9.17) is 4.74 Å². The summed E-state index contributed by atoms with van der Waals surface area (Å²) in [6.07, 6.45) is -0.573. The van der Waals surface area contributed by atoms with E-state index in [1.165, 1.54) is 0 Å². The van der Waals surface area contributed by atoms with Crippen molar-refractivity contribution in [1.29, 1.82) is 0 Å². The number of carbonyl (C=O) groups excluding carboxylic acids is 2. The second-order valence-corrected chi connectivity index (χ2v) is 10.0. The van der Waals surface area contributed by atoms with Crippen molar-refractivity contribution in [2.75, 3.05) is 13.6 Å². The van der Waals surface area contributed by atoms with Crippen molar-refractivity contribution in [2.45, 2.75) is 77.6 Å². The van der Waals surface area contributed by atoms with Gasteiger partial charge in [-0.3, -0.25) is 14.4 Å². The van der Waals surface area contributed by atoms with E-state index >= 15 is 0 Å². The normalized spacial score (nSPS) is 25.8. The van der Waals surface area contributed by atoms with Gasteiger partial charge in [-0.2, -0.15) is 5.10 Å². The van der Waals surface area contributed by atoms with E-state index in [0.29, 0.717) is 43.0 Å². The van der Waals surface area contributed by atoms with Gasteiger partial charge in [0.2, 0.25) is 5.92 Å². The second kappa shape index (κ2) is 6.23. The lowest BCUT2D eigenvalue weighted by molar-refractivity contribution is -0.172. The number of alkyl halides is 2. The molecule has 4 rings (SSSR count). The van der Waals surface area contributed by atoms with E-state index in [2.05, 4.69) is 5.10 Å². The maximum absolute atomic E-state index is 13.7. The van der Waals surface area contributed by atoms with Crippen molar-refractivity contribution in [3.8, 4) is 0 Å². The number of amides is 2. The summed E-state index contributed by atoms with van der Waals surface area (Å²) in [7, 11) is 1.87. The highest BCUT2D eigenvalue weighted by Crippen LogP contribution is 2.54. The van der Waals surface area contributed by atoms with Crippen LogP contribution in [0.5, 0.6) is 0 Å². The minimum atomic E-state index is -2.63. The predicted molar refractivity (Wildman–Crippen MR) is 101 cm³/mol. The Morgan fingerprint density at radius 2 is 1.90 bits per heavy atom. The zero-order chi connectivity index (χ0) is 21.4. The minimum absolute atomic E-state index is 0.164. The summed E-state index contributed by atoms with van der Waals surface area (Å²) >= 11 is 0. The number of nitrogens with zero attached hydrogens (tertiary/aromatic N) is 4. The Kier molecular flexibility index (Phi) is 4.35. The molecule has 2 aliphatic heterocycles. The third kappa shape index (κ3) is 3.53. The van der Waals surface area contributed by atoms with Crippen LogP contribution in [0.25, 0.3) is 0 Å². The van der Waals surface area contributed by atoms with E-state index < -0.39 is 28.9 Å². The smallest absolute Gasteiger partial charge is 0.417 e. The average molecular weight is 410 g/mol. The minimum Gasteiger partial charge on any atom is -0.443 e. The van der Waals surface area contributed by atoms with Gasteiger partial charge < -0.3 is 4.74 Å². The van der Waals surface area contributed by atoms with Gasteiger partial charge in [-0.15, -0.1) is 0 Å². The van der Waals surface area contributed by atoms with Crippen LogP contribution in [0.2, 0.25) is 0 Å². The summed E-state index contributed by atoms with van der Waals surface area (Å²) < 4.78 is 34.5. The van der Waals surface area contributed by atoms with Crippen LogP contribution < -0.4 is 0 Å². The highest BCUT2D eigenvalue weighted by Gasteiger charge is 2.58. The second-order valence-electron chi connectivity index (χ2n) is 10.0.